The van der Waals surface area contributed by atoms with Gasteiger partial charge in [0.05, 0.1) is 6.07 Å². The molecule has 0 radical (unpaired) electrons. The number of amides is 4. The fourth-order valence-electron chi connectivity index (χ4n) is 5.59. The van der Waals surface area contributed by atoms with Gasteiger partial charge in [0.25, 0.3) is 0 Å². The second-order valence-electron chi connectivity index (χ2n) is 11.1. The zero-order chi connectivity index (χ0) is 26.8. The summed E-state index contributed by atoms with van der Waals surface area (Å²) in [6.45, 7) is 5.15. The lowest BCUT2D eigenvalue weighted by Crippen LogP contribution is -2.61. The average molecular weight is 514 g/mol. The predicted molar refractivity (Wildman–Crippen MR) is 122 cm³/mol. The number of alkyl halides is 3. The van der Waals surface area contributed by atoms with Crippen LogP contribution >= 0.6 is 0 Å². The molecule has 2 saturated heterocycles. The first-order chi connectivity index (χ1) is 16.7. The van der Waals surface area contributed by atoms with E-state index in [1.54, 1.807) is 20.8 Å². The molecule has 3 N–H and O–H groups in total. The van der Waals surface area contributed by atoms with Crippen LogP contribution in [0.15, 0.2) is 0 Å². The Hall–Kier alpha value is -2.84. The molecule has 0 aromatic rings. The Morgan fingerprint density at radius 1 is 1.14 bits per heavy atom. The van der Waals surface area contributed by atoms with Crippen LogP contribution in [-0.2, 0) is 19.2 Å². The average Bonchev–Trinajstić information content (AvgIpc) is 3.38. The van der Waals surface area contributed by atoms with Crippen molar-refractivity contribution in [1.29, 1.82) is 5.26 Å². The van der Waals surface area contributed by atoms with Gasteiger partial charge in [0.2, 0.25) is 17.7 Å². The first kappa shape index (κ1) is 27.7. The topological polar surface area (TPSA) is 131 Å². The maximum absolute atomic E-state index is 13.7. The summed E-state index contributed by atoms with van der Waals surface area (Å²) >= 11 is 0. The van der Waals surface area contributed by atoms with Gasteiger partial charge in [-0.15, -0.1) is 0 Å². The van der Waals surface area contributed by atoms with E-state index in [9.17, 15) is 37.6 Å². The van der Waals surface area contributed by atoms with Crippen LogP contribution < -0.4 is 16.0 Å². The quantitative estimate of drug-likeness (QED) is 0.498. The highest BCUT2D eigenvalue weighted by Gasteiger charge is 2.52. The Morgan fingerprint density at radius 2 is 1.81 bits per heavy atom. The lowest BCUT2D eigenvalue weighted by molar-refractivity contribution is -0.176. The van der Waals surface area contributed by atoms with Gasteiger partial charge >= 0.3 is 12.1 Å². The number of rotatable bonds is 6. The molecule has 200 valence electrons. The van der Waals surface area contributed by atoms with Crippen molar-refractivity contribution in [3.8, 4) is 6.07 Å². The third-order valence-electron chi connectivity index (χ3n) is 7.45. The molecule has 2 heterocycles. The summed E-state index contributed by atoms with van der Waals surface area (Å²) in [5, 5.41) is 16.8. The van der Waals surface area contributed by atoms with E-state index in [-0.39, 0.29) is 24.3 Å². The molecule has 3 rings (SSSR count). The van der Waals surface area contributed by atoms with Gasteiger partial charge in [-0.3, -0.25) is 19.2 Å². The molecule has 1 saturated carbocycles. The van der Waals surface area contributed by atoms with Crippen LogP contribution in [0.4, 0.5) is 13.2 Å². The molecule has 9 nitrogen and oxygen atoms in total. The van der Waals surface area contributed by atoms with Crippen LogP contribution in [0.5, 0.6) is 0 Å². The number of likely N-dealkylation sites (tertiary alicyclic amines) is 1. The molecule has 12 heteroatoms. The number of nitrogens with zero attached hydrogens (tertiary/aromatic N) is 2. The maximum Gasteiger partial charge on any atom is 0.471 e. The van der Waals surface area contributed by atoms with Crippen LogP contribution in [0, 0.1) is 28.6 Å². The molecule has 0 spiro atoms. The molecule has 3 aliphatic rings. The Balaban J connectivity index is 1.84. The molecule has 6 atom stereocenters. The number of carbonyl (C=O) groups is 4. The van der Waals surface area contributed by atoms with E-state index >= 15 is 0 Å². The van der Waals surface area contributed by atoms with E-state index in [0.717, 1.165) is 19.3 Å². The van der Waals surface area contributed by atoms with E-state index in [4.69, 9.17) is 0 Å². The molecule has 0 bridgehead atoms. The van der Waals surface area contributed by atoms with Gasteiger partial charge in [-0.25, -0.2) is 0 Å². The summed E-state index contributed by atoms with van der Waals surface area (Å²) in [7, 11) is 0. The molecule has 1 aliphatic carbocycles. The molecular formula is C24H34F3N5O4. The first-order valence-electron chi connectivity index (χ1n) is 12.4. The third-order valence-corrected chi connectivity index (χ3v) is 7.45. The number of fused-ring (bicyclic) bond motifs is 1. The maximum atomic E-state index is 13.7. The van der Waals surface area contributed by atoms with Gasteiger partial charge in [0, 0.05) is 18.5 Å². The largest absolute Gasteiger partial charge is 0.471 e. The van der Waals surface area contributed by atoms with Crippen LogP contribution in [0.2, 0.25) is 0 Å². The van der Waals surface area contributed by atoms with E-state index in [0.29, 0.717) is 25.8 Å². The number of nitriles is 1. The second-order valence-corrected chi connectivity index (χ2v) is 11.1. The number of nitrogens with one attached hydrogen (secondary N) is 3. The fourth-order valence-corrected chi connectivity index (χ4v) is 5.59. The molecule has 0 aromatic carbocycles. The fraction of sp³-hybridized carbons (Fsp3) is 0.792. The lowest BCUT2D eigenvalue weighted by atomic mass is 9.83. The van der Waals surface area contributed by atoms with Gasteiger partial charge in [0.15, 0.2) is 0 Å². The van der Waals surface area contributed by atoms with Gasteiger partial charge in [-0.05, 0) is 43.4 Å². The van der Waals surface area contributed by atoms with Crippen molar-refractivity contribution in [3.05, 3.63) is 0 Å². The highest BCUT2D eigenvalue weighted by atomic mass is 19.4. The minimum absolute atomic E-state index is 0.00136. The number of halogens is 3. The number of hydrogen-bond acceptors (Lipinski definition) is 5. The van der Waals surface area contributed by atoms with Crippen LogP contribution in [0.1, 0.15) is 65.7 Å². The van der Waals surface area contributed by atoms with Crippen LogP contribution in [0.25, 0.3) is 0 Å². The van der Waals surface area contributed by atoms with Crippen molar-refractivity contribution in [2.75, 3.05) is 6.54 Å². The van der Waals surface area contributed by atoms with Gasteiger partial charge in [-0.2, -0.15) is 18.4 Å². The number of carbonyl (C=O) groups excluding carboxylic acids is 4. The Morgan fingerprint density at radius 3 is 2.36 bits per heavy atom. The summed E-state index contributed by atoms with van der Waals surface area (Å²) < 4.78 is 39.1. The summed E-state index contributed by atoms with van der Waals surface area (Å²) in [5.74, 6) is -4.10. The molecule has 4 amide bonds. The molecule has 36 heavy (non-hydrogen) atoms. The molecule has 0 unspecified atom stereocenters. The standard InChI is InChI=1S/C24H34F3N5O4/c1-23(2,3)18(31-22(36)24(25,26)27)21(35)32-16-7-5-4-6-13(16)11-17(32)20(34)30-15(12-28)10-14-8-9-29-19(14)33/h13-18H,4-11H2,1-3H3,(H,29,33)(H,30,34)(H,31,36)/t13-,14+,15+,16-,17+,18-/m1/s1. The molecule has 0 aromatic heterocycles. The Bertz CT molecular complexity index is 926. The van der Waals surface area contributed by atoms with Crippen molar-refractivity contribution >= 4 is 23.6 Å². The highest BCUT2D eigenvalue weighted by Crippen LogP contribution is 2.41. The molecular weight excluding hydrogens is 479 g/mol. The summed E-state index contributed by atoms with van der Waals surface area (Å²) in [4.78, 5) is 52.1. The van der Waals surface area contributed by atoms with Crippen LogP contribution in [-0.4, -0.2) is 65.4 Å². The SMILES string of the molecule is CC(C)(C)[C@H](NC(=O)C(F)(F)F)C(=O)N1[C@@H]2CCCC[C@@H]2C[C@H]1C(=O)N[C@H](C#N)C[C@@H]1CCNC1=O. The van der Waals surface area contributed by atoms with Crippen molar-refractivity contribution in [1.82, 2.24) is 20.9 Å². The second kappa shape index (κ2) is 10.6. The Kier molecular flexibility index (Phi) is 8.20. The zero-order valence-electron chi connectivity index (χ0n) is 20.8. The Labute approximate surface area is 208 Å². The van der Waals surface area contributed by atoms with Crippen molar-refractivity contribution in [2.24, 2.45) is 17.3 Å². The molecule has 2 aliphatic heterocycles. The molecule has 3 fully saturated rings. The van der Waals surface area contributed by atoms with Gasteiger partial charge in [-0.1, -0.05) is 33.6 Å². The summed E-state index contributed by atoms with van der Waals surface area (Å²) in [6.07, 6.45) is -1.04. The third kappa shape index (κ3) is 6.10. The van der Waals surface area contributed by atoms with Crippen molar-refractivity contribution in [2.45, 2.75) is 96.1 Å². The predicted octanol–water partition coefficient (Wildman–Crippen LogP) is 1.77. The van der Waals surface area contributed by atoms with Gasteiger partial charge < -0.3 is 20.9 Å². The van der Waals surface area contributed by atoms with Crippen LogP contribution in [0.3, 0.4) is 0 Å². The highest BCUT2D eigenvalue weighted by molar-refractivity contribution is 5.94. The summed E-state index contributed by atoms with van der Waals surface area (Å²) in [5.41, 5.74) is -1.06. The van der Waals surface area contributed by atoms with E-state index in [1.807, 2.05) is 11.4 Å². The number of hydrogen-bond donors (Lipinski definition) is 3. The lowest BCUT2D eigenvalue weighted by Gasteiger charge is -2.39. The van der Waals surface area contributed by atoms with E-state index in [1.165, 1.54) is 4.90 Å². The van der Waals surface area contributed by atoms with Crippen molar-refractivity contribution < 1.29 is 32.3 Å². The van der Waals surface area contributed by atoms with Gasteiger partial charge in [0.1, 0.15) is 18.1 Å². The van der Waals surface area contributed by atoms with E-state index in [2.05, 4.69) is 10.6 Å². The van der Waals surface area contributed by atoms with E-state index < -0.39 is 53.4 Å². The zero-order valence-corrected chi connectivity index (χ0v) is 20.8. The normalized spacial score (nSPS) is 27.9. The van der Waals surface area contributed by atoms with Crippen molar-refractivity contribution in [3.63, 3.8) is 0 Å². The minimum atomic E-state index is -5.16. The smallest absolute Gasteiger partial charge is 0.356 e. The first-order valence-corrected chi connectivity index (χ1v) is 12.4. The monoisotopic (exact) mass is 513 g/mol. The summed E-state index contributed by atoms with van der Waals surface area (Å²) in [6, 6.07) is -1.77. The minimum Gasteiger partial charge on any atom is -0.356 e.